The highest BCUT2D eigenvalue weighted by molar-refractivity contribution is 9.10. The molecule has 13 heavy (non-hydrogen) atoms. The zero-order valence-electron chi connectivity index (χ0n) is 7.63. The van der Waals surface area contributed by atoms with E-state index >= 15 is 0 Å². The Labute approximate surface area is 85.9 Å². The fourth-order valence-corrected chi connectivity index (χ4v) is 1.91. The summed E-state index contributed by atoms with van der Waals surface area (Å²) in [7, 11) is 1.64. The third kappa shape index (κ3) is 2.43. The van der Waals surface area contributed by atoms with E-state index in [1.807, 2.05) is 19.1 Å². The molecule has 3 nitrogen and oxygen atoms in total. The van der Waals surface area contributed by atoms with Gasteiger partial charge in [-0.2, -0.15) is 0 Å². The van der Waals surface area contributed by atoms with Gasteiger partial charge in [-0.25, -0.2) is 5.90 Å². The van der Waals surface area contributed by atoms with Crippen molar-refractivity contribution in [2.75, 3.05) is 7.11 Å². The van der Waals surface area contributed by atoms with E-state index in [0.29, 0.717) is 6.61 Å². The number of ether oxygens (including phenoxy) is 1. The molecule has 4 heteroatoms. The second-order valence-corrected chi connectivity index (χ2v) is 3.64. The molecule has 0 saturated heterocycles. The minimum Gasteiger partial charge on any atom is -0.496 e. The molecule has 0 aliphatic carbocycles. The average molecular weight is 246 g/mol. The zero-order chi connectivity index (χ0) is 9.84. The lowest BCUT2D eigenvalue weighted by Crippen LogP contribution is -2.02. The lowest BCUT2D eigenvalue weighted by molar-refractivity contribution is 0.122. The number of methoxy groups -OCH3 is 1. The highest BCUT2D eigenvalue weighted by Gasteiger charge is 2.07. The zero-order valence-corrected chi connectivity index (χ0v) is 9.22. The molecule has 0 aliphatic heterocycles. The molecule has 0 heterocycles. The lowest BCUT2D eigenvalue weighted by atomic mass is 10.1. The molecule has 0 radical (unpaired) electrons. The van der Waals surface area contributed by atoms with Crippen molar-refractivity contribution in [2.45, 2.75) is 13.5 Å². The van der Waals surface area contributed by atoms with E-state index in [-0.39, 0.29) is 0 Å². The van der Waals surface area contributed by atoms with Crippen molar-refractivity contribution >= 4 is 15.9 Å². The van der Waals surface area contributed by atoms with Gasteiger partial charge in [0.1, 0.15) is 5.75 Å². The van der Waals surface area contributed by atoms with Gasteiger partial charge in [-0.05, 0) is 24.6 Å². The van der Waals surface area contributed by atoms with Crippen molar-refractivity contribution in [2.24, 2.45) is 5.90 Å². The molecule has 0 amide bonds. The Morgan fingerprint density at radius 3 is 2.69 bits per heavy atom. The van der Waals surface area contributed by atoms with E-state index in [0.717, 1.165) is 21.3 Å². The number of hydrogen-bond donors (Lipinski definition) is 1. The summed E-state index contributed by atoms with van der Waals surface area (Å²) in [5.74, 6) is 5.84. The number of rotatable bonds is 3. The van der Waals surface area contributed by atoms with Crippen LogP contribution in [0.15, 0.2) is 16.6 Å². The van der Waals surface area contributed by atoms with Gasteiger partial charge in [0.15, 0.2) is 0 Å². The van der Waals surface area contributed by atoms with E-state index in [2.05, 4.69) is 20.8 Å². The van der Waals surface area contributed by atoms with E-state index in [4.69, 9.17) is 10.6 Å². The molecule has 0 fully saturated rings. The van der Waals surface area contributed by atoms with Crippen LogP contribution in [0.25, 0.3) is 0 Å². The van der Waals surface area contributed by atoms with E-state index < -0.39 is 0 Å². The number of aryl methyl sites for hydroxylation is 1. The van der Waals surface area contributed by atoms with Crippen molar-refractivity contribution in [1.29, 1.82) is 0 Å². The van der Waals surface area contributed by atoms with Crippen molar-refractivity contribution < 1.29 is 9.57 Å². The van der Waals surface area contributed by atoms with E-state index in [1.165, 1.54) is 0 Å². The molecule has 2 N–H and O–H groups in total. The topological polar surface area (TPSA) is 44.5 Å². The largest absolute Gasteiger partial charge is 0.496 e. The molecule has 0 aliphatic rings. The molecule has 1 rings (SSSR count). The highest BCUT2D eigenvalue weighted by Crippen LogP contribution is 2.27. The Hall–Kier alpha value is -0.580. The van der Waals surface area contributed by atoms with Crippen LogP contribution in [-0.2, 0) is 11.4 Å². The summed E-state index contributed by atoms with van der Waals surface area (Å²) < 4.78 is 6.23. The first-order valence-electron chi connectivity index (χ1n) is 3.83. The van der Waals surface area contributed by atoms with Crippen molar-refractivity contribution in [3.63, 3.8) is 0 Å². The van der Waals surface area contributed by atoms with Crippen molar-refractivity contribution in [3.05, 3.63) is 27.7 Å². The fourth-order valence-electron chi connectivity index (χ4n) is 1.29. The minimum absolute atomic E-state index is 0.351. The predicted molar refractivity (Wildman–Crippen MR) is 54.4 cm³/mol. The van der Waals surface area contributed by atoms with Gasteiger partial charge in [-0.15, -0.1) is 0 Å². The molecule has 0 saturated carbocycles. The first-order chi connectivity index (χ1) is 6.19. The van der Waals surface area contributed by atoms with Gasteiger partial charge in [-0.3, -0.25) is 4.84 Å². The second-order valence-electron chi connectivity index (χ2n) is 2.73. The summed E-state index contributed by atoms with van der Waals surface area (Å²) in [6.45, 7) is 2.33. The van der Waals surface area contributed by atoms with Gasteiger partial charge in [0.2, 0.25) is 0 Å². The maximum Gasteiger partial charge on any atom is 0.127 e. The first-order valence-corrected chi connectivity index (χ1v) is 4.63. The first kappa shape index (κ1) is 10.5. The van der Waals surface area contributed by atoms with Crippen LogP contribution in [0.2, 0.25) is 0 Å². The molecule has 1 aromatic carbocycles. The summed E-state index contributed by atoms with van der Waals surface area (Å²) in [6, 6.07) is 3.91. The summed E-state index contributed by atoms with van der Waals surface area (Å²) in [5.41, 5.74) is 2.00. The summed E-state index contributed by atoms with van der Waals surface area (Å²) in [4.78, 5) is 4.58. The standard InChI is InChI=1S/C9H12BrNO2/c1-6-3-8(10)4-7(5-13-11)9(6)12-2/h3-4H,5,11H2,1-2H3. The van der Waals surface area contributed by atoms with Crippen molar-refractivity contribution in [3.8, 4) is 5.75 Å². The second kappa shape index (κ2) is 4.60. The maximum atomic E-state index is 5.23. The van der Waals surface area contributed by atoms with Gasteiger partial charge >= 0.3 is 0 Å². The quantitative estimate of drug-likeness (QED) is 0.831. The minimum atomic E-state index is 0.351. The van der Waals surface area contributed by atoms with Crippen LogP contribution in [0, 0.1) is 6.92 Å². The Morgan fingerprint density at radius 2 is 2.15 bits per heavy atom. The predicted octanol–water partition coefficient (Wildman–Crippen LogP) is 2.16. The Bertz CT molecular complexity index is 302. The average Bonchev–Trinajstić information content (AvgIpc) is 2.04. The molecule has 0 unspecified atom stereocenters. The van der Waals surface area contributed by atoms with Crippen LogP contribution >= 0.6 is 15.9 Å². The summed E-state index contributed by atoms with van der Waals surface area (Å²) >= 11 is 3.39. The summed E-state index contributed by atoms with van der Waals surface area (Å²) in [6.07, 6.45) is 0. The van der Waals surface area contributed by atoms with Crippen LogP contribution < -0.4 is 10.6 Å². The number of nitrogens with two attached hydrogens (primary N) is 1. The molecule has 1 aromatic rings. The lowest BCUT2D eigenvalue weighted by Gasteiger charge is -2.10. The van der Waals surface area contributed by atoms with Crippen LogP contribution in [0.5, 0.6) is 5.75 Å². The van der Waals surface area contributed by atoms with Crippen LogP contribution in [0.4, 0.5) is 0 Å². The van der Waals surface area contributed by atoms with Crippen LogP contribution in [0.3, 0.4) is 0 Å². The van der Waals surface area contributed by atoms with E-state index in [1.54, 1.807) is 7.11 Å². The van der Waals surface area contributed by atoms with Gasteiger partial charge in [0, 0.05) is 10.0 Å². The van der Waals surface area contributed by atoms with Crippen LogP contribution in [0.1, 0.15) is 11.1 Å². The molecule has 0 spiro atoms. The third-order valence-corrected chi connectivity index (χ3v) is 2.22. The number of hydrogen-bond acceptors (Lipinski definition) is 3. The normalized spacial score (nSPS) is 10.2. The number of benzene rings is 1. The summed E-state index contributed by atoms with van der Waals surface area (Å²) in [5, 5.41) is 0. The maximum absolute atomic E-state index is 5.23. The molecule has 0 atom stereocenters. The van der Waals surface area contributed by atoms with Crippen molar-refractivity contribution in [1.82, 2.24) is 0 Å². The van der Waals surface area contributed by atoms with E-state index in [9.17, 15) is 0 Å². The molecular weight excluding hydrogens is 234 g/mol. The van der Waals surface area contributed by atoms with Crippen LogP contribution in [-0.4, -0.2) is 7.11 Å². The molecular formula is C9H12BrNO2. The van der Waals surface area contributed by atoms with Gasteiger partial charge in [-0.1, -0.05) is 15.9 Å². The molecule has 0 bridgehead atoms. The third-order valence-electron chi connectivity index (χ3n) is 1.76. The Morgan fingerprint density at radius 1 is 1.46 bits per heavy atom. The molecule has 72 valence electrons. The van der Waals surface area contributed by atoms with Gasteiger partial charge in [0.05, 0.1) is 13.7 Å². The fraction of sp³-hybridized carbons (Fsp3) is 0.333. The smallest absolute Gasteiger partial charge is 0.127 e. The SMILES string of the molecule is COc1c(C)cc(Br)cc1CON. The van der Waals surface area contributed by atoms with Gasteiger partial charge < -0.3 is 4.74 Å². The molecule has 0 aromatic heterocycles. The monoisotopic (exact) mass is 245 g/mol. The Kier molecular flexibility index (Phi) is 3.71. The Balaban J connectivity index is 3.13. The number of halogens is 1. The van der Waals surface area contributed by atoms with Gasteiger partial charge in [0.25, 0.3) is 0 Å². The highest BCUT2D eigenvalue weighted by atomic mass is 79.9.